The highest BCUT2D eigenvalue weighted by Gasteiger charge is 2.10. The third-order valence-electron chi connectivity index (χ3n) is 2.62. The van der Waals surface area contributed by atoms with Crippen molar-refractivity contribution < 1.29 is 4.79 Å². The fourth-order valence-corrected chi connectivity index (χ4v) is 1.65. The minimum Gasteiger partial charge on any atom is -0.384 e. The summed E-state index contributed by atoms with van der Waals surface area (Å²) in [6.45, 7) is 4.18. The predicted molar refractivity (Wildman–Crippen MR) is 69.7 cm³/mol. The number of nitrogen functional groups attached to an aromatic ring is 1. The zero-order valence-electron chi connectivity index (χ0n) is 10.6. The van der Waals surface area contributed by atoms with Gasteiger partial charge in [0, 0.05) is 6.04 Å². The Labute approximate surface area is 103 Å². The molecule has 0 fully saturated rings. The predicted octanol–water partition coefficient (Wildman–Crippen LogP) is 2.36. The maximum absolute atomic E-state index is 11.8. The van der Waals surface area contributed by atoms with Crippen molar-refractivity contribution in [2.45, 2.75) is 45.6 Å². The number of unbranched alkanes of at least 4 members (excludes halogenated alkanes) is 2. The summed E-state index contributed by atoms with van der Waals surface area (Å²) in [5.74, 6) is 0.220. The van der Waals surface area contributed by atoms with E-state index in [4.69, 9.17) is 5.73 Å². The first kappa shape index (κ1) is 13.5. The molecular weight excluding hydrogens is 214 g/mol. The summed E-state index contributed by atoms with van der Waals surface area (Å²) < 4.78 is 0. The van der Waals surface area contributed by atoms with Crippen molar-refractivity contribution in [2.24, 2.45) is 0 Å². The lowest BCUT2D eigenvalue weighted by molar-refractivity contribution is 0.0933. The largest absolute Gasteiger partial charge is 0.384 e. The third-order valence-corrected chi connectivity index (χ3v) is 2.62. The first-order valence-electron chi connectivity index (χ1n) is 6.17. The summed E-state index contributed by atoms with van der Waals surface area (Å²) in [7, 11) is 0. The Balaban J connectivity index is 2.43. The van der Waals surface area contributed by atoms with E-state index in [0.29, 0.717) is 11.5 Å². The zero-order valence-corrected chi connectivity index (χ0v) is 10.6. The summed E-state index contributed by atoms with van der Waals surface area (Å²) in [4.78, 5) is 15.8. The van der Waals surface area contributed by atoms with E-state index in [1.807, 2.05) is 6.92 Å². The molecule has 94 valence electrons. The normalized spacial score (nSPS) is 12.1. The molecule has 1 aromatic heterocycles. The van der Waals surface area contributed by atoms with Crippen LogP contribution in [-0.4, -0.2) is 16.9 Å². The van der Waals surface area contributed by atoms with Crippen molar-refractivity contribution in [3.05, 3.63) is 23.9 Å². The fourth-order valence-electron chi connectivity index (χ4n) is 1.65. The number of aromatic nitrogens is 1. The fraction of sp³-hybridized carbons (Fsp3) is 0.538. The van der Waals surface area contributed by atoms with Crippen molar-refractivity contribution >= 4 is 11.7 Å². The van der Waals surface area contributed by atoms with Crippen LogP contribution in [0, 0.1) is 0 Å². The Kier molecular flexibility index (Phi) is 5.46. The van der Waals surface area contributed by atoms with Crippen LogP contribution in [0.2, 0.25) is 0 Å². The van der Waals surface area contributed by atoms with Crippen LogP contribution < -0.4 is 11.1 Å². The number of nitrogens with zero attached hydrogens (tertiary/aromatic N) is 1. The Bertz CT molecular complexity index is 365. The molecule has 0 aliphatic carbocycles. The van der Waals surface area contributed by atoms with Gasteiger partial charge in [0.15, 0.2) is 0 Å². The average Bonchev–Trinajstić information content (AvgIpc) is 2.29. The standard InChI is InChI=1S/C13H21N3O/c1-3-4-5-7-10(2)15-13(17)11-8-6-9-12(14)16-11/h6,8-10H,3-5,7H2,1-2H3,(H2,14,16)(H,15,17). The molecular formula is C13H21N3O. The Morgan fingerprint density at radius 3 is 2.88 bits per heavy atom. The smallest absolute Gasteiger partial charge is 0.270 e. The SMILES string of the molecule is CCCCCC(C)NC(=O)c1cccc(N)n1. The van der Waals surface area contributed by atoms with Gasteiger partial charge in [-0.2, -0.15) is 0 Å². The maximum atomic E-state index is 11.8. The molecule has 0 spiro atoms. The number of carbonyl (C=O) groups excluding carboxylic acids is 1. The van der Waals surface area contributed by atoms with Gasteiger partial charge in [-0.05, 0) is 25.5 Å². The number of nitrogens with two attached hydrogens (primary N) is 1. The first-order chi connectivity index (χ1) is 8.13. The monoisotopic (exact) mass is 235 g/mol. The van der Waals surface area contributed by atoms with Gasteiger partial charge in [-0.15, -0.1) is 0 Å². The molecule has 0 aliphatic heterocycles. The second-order valence-corrected chi connectivity index (χ2v) is 4.32. The van der Waals surface area contributed by atoms with Gasteiger partial charge in [-0.3, -0.25) is 4.79 Å². The highest BCUT2D eigenvalue weighted by molar-refractivity contribution is 5.92. The van der Waals surface area contributed by atoms with Crippen LogP contribution in [0.5, 0.6) is 0 Å². The Morgan fingerprint density at radius 2 is 2.24 bits per heavy atom. The quantitative estimate of drug-likeness (QED) is 0.744. The van der Waals surface area contributed by atoms with Crippen LogP contribution in [0.1, 0.15) is 50.0 Å². The third kappa shape index (κ3) is 4.85. The number of hydrogen-bond donors (Lipinski definition) is 2. The molecule has 1 atom stereocenters. The molecule has 1 heterocycles. The molecule has 1 amide bonds. The van der Waals surface area contributed by atoms with Crippen LogP contribution >= 0.6 is 0 Å². The van der Waals surface area contributed by atoms with Crippen LogP contribution in [0.25, 0.3) is 0 Å². The number of pyridine rings is 1. The van der Waals surface area contributed by atoms with E-state index < -0.39 is 0 Å². The summed E-state index contributed by atoms with van der Waals surface area (Å²) in [6.07, 6.45) is 4.54. The topological polar surface area (TPSA) is 68.0 Å². The van der Waals surface area contributed by atoms with Gasteiger partial charge in [0.05, 0.1) is 0 Å². The molecule has 0 bridgehead atoms. The lowest BCUT2D eigenvalue weighted by atomic mass is 10.1. The van der Waals surface area contributed by atoms with Gasteiger partial charge in [-0.1, -0.05) is 32.3 Å². The molecule has 1 unspecified atom stereocenters. The summed E-state index contributed by atoms with van der Waals surface area (Å²) in [6, 6.07) is 5.25. The van der Waals surface area contributed by atoms with Crippen molar-refractivity contribution in [2.75, 3.05) is 5.73 Å². The average molecular weight is 235 g/mol. The molecule has 0 saturated carbocycles. The molecule has 4 nitrogen and oxygen atoms in total. The molecule has 1 rings (SSSR count). The van der Waals surface area contributed by atoms with Crippen molar-refractivity contribution in [1.29, 1.82) is 0 Å². The molecule has 0 saturated heterocycles. The summed E-state index contributed by atoms with van der Waals surface area (Å²) in [5.41, 5.74) is 5.92. The number of rotatable bonds is 6. The van der Waals surface area contributed by atoms with Crippen LogP contribution in [0.4, 0.5) is 5.82 Å². The van der Waals surface area contributed by atoms with E-state index in [0.717, 1.165) is 12.8 Å². The molecule has 0 aromatic carbocycles. The van der Waals surface area contributed by atoms with E-state index in [1.54, 1.807) is 18.2 Å². The molecule has 3 N–H and O–H groups in total. The Morgan fingerprint density at radius 1 is 1.47 bits per heavy atom. The Hall–Kier alpha value is -1.58. The van der Waals surface area contributed by atoms with Crippen molar-refractivity contribution in [3.63, 3.8) is 0 Å². The van der Waals surface area contributed by atoms with Gasteiger partial charge >= 0.3 is 0 Å². The molecule has 4 heteroatoms. The van der Waals surface area contributed by atoms with Crippen LogP contribution in [0.15, 0.2) is 18.2 Å². The summed E-state index contributed by atoms with van der Waals surface area (Å²) in [5, 5.41) is 2.93. The van der Waals surface area contributed by atoms with E-state index >= 15 is 0 Å². The van der Waals surface area contributed by atoms with Crippen LogP contribution in [-0.2, 0) is 0 Å². The van der Waals surface area contributed by atoms with E-state index in [-0.39, 0.29) is 11.9 Å². The second-order valence-electron chi connectivity index (χ2n) is 4.32. The van der Waals surface area contributed by atoms with Gasteiger partial charge in [0.25, 0.3) is 5.91 Å². The van der Waals surface area contributed by atoms with Gasteiger partial charge in [-0.25, -0.2) is 4.98 Å². The minimum absolute atomic E-state index is 0.152. The number of amides is 1. The lowest BCUT2D eigenvalue weighted by Crippen LogP contribution is -2.33. The maximum Gasteiger partial charge on any atom is 0.270 e. The van der Waals surface area contributed by atoms with Gasteiger partial charge in [0.2, 0.25) is 0 Å². The molecule has 0 aliphatic rings. The molecule has 1 aromatic rings. The van der Waals surface area contributed by atoms with E-state index in [9.17, 15) is 4.79 Å². The number of anilines is 1. The number of nitrogens with one attached hydrogen (secondary N) is 1. The highest BCUT2D eigenvalue weighted by atomic mass is 16.1. The van der Waals surface area contributed by atoms with Crippen molar-refractivity contribution in [3.8, 4) is 0 Å². The summed E-state index contributed by atoms with van der Waals surface area (Å²) >= 11 is 0. The molecule has 0 radical (unpaired) electrons. The minimum atomic E-state index is -0.152. The highest BCUT2D eigenvalue weighted by Crippen LogP contribution is 2.05. The number of carbonyl (C=O) groups is 1. The number of hydrogen-bond acceptors (Lipinski definition) is 3. The van der Waals surface area contributed by atoms with Crippen LogP contribution in [0.3, 0.4) is 0 Å². The van der Waals surface area contributed by atoms with E-state index in [1.165, 1.54) is 12.8 Å². The first-order valence-corrected chi connectivity index (χ1v) is 6.17. The van der Waals surface area contributed by atoms with Gasteiger partial charge in [0.1, 0.15) is 11.5 Å². The zero-order chi connectivity index (χ0) is 12.7. The van der Waals surface area contributed by atoms with Crippen molar-refractivity contribution in [1.82, 2.24) is 10.3 Å². The lowest BCUT2D eigenvalue weighted by Gasteiger charge is -2.13. The van der Waals surface area contributed by atoms with Gasteiger partial charge < -0.3 is 11.1 Å². The van der Waals surface area contributed by atoms with E-state index in [2.05, 4.69) is 17.2 Å². The second kappa shape index (κ2) is 6.89. The molecule has 17 heavy (non-hydrogen) atoms.